The first-order valence-electron chi connectivity index (χ1n) is 5.68. The summed E-state index contributed by atoms with van der Waals surface area (Å²) in [6, 6.07) is 0. The van der Waals surface area contributed by atoms with E-state index in [0.29, 0.717) is 11.7 Å². The first-order chi connectivity index (χ1) is 7.44. The molecule has 0 aliphatic rings. The van der Waals surface area contributed by atoms with Crippen molar-refractivity contribution < 1.29 is 4.79 Å². The van der Waals surface area contributed by atoms with Crippen LogP contribution < -0.4 is 16.0 Å². The Morgan fingerprint density at radius 3 is 2.44 bits per heavy atom. The second-order valence-corrected chi connectivity index (χ2v) is 4.83. The summed E-state index contributed by atoms with van der Waals surface area (Å²) in [6.07, 6.45) is 2.24. The van der Waals surface area contributed by atoms with Crippen LogP contribution in [0.25, 0.3) is 0 Å². The van der Waals surface area contributed by atoms with Crippen LogP contribution in [0.4, 0.5) is 0 Å². The Morgan fingerprint density at radius 1 is 1.31 bits per heavy atom. The molecule has 3 N–H and O–H groups in total. The number of amides is 1. The minimum absolute atomic E-state index is 0.0105. The van der Waals surface area contributed by atoms with Crippen molar-refractivity contribution in [2.45, 2.75) is 33.6 Å². The highest BCUT2D eigenvalue weighted by Crippen LogP contribution is 2.12. The summed E-state index contributed by atoms with van der Waals surface area (Å²) in [4.78, 5) is 11.5. The van der Waals surface area contributed by atoms with E-state index in [-0.39, 0.29) is 5.91 Å². The molecule has 0 atom stereocenters. The minimum atomic E-state index is -0.453. The molecule has 16 heavy (non-hydrogen) atoms. The predicted octanol–water partition coefficient (Wildman–Crippen LogP) is 1.02. The van der Waals surface area contributed by atoms with E-state index < -0.39 is 5.41 Å². The van der Waals surface area contributed by atoms with Crippen LogP contribution in [-0.4, -0.2) is 31.2 Å². The zero-order valence-corrected chi connectivity index (χ0v) is 11.5. The average molecular weight is 245 g/mol. The second kappa shape index (κ2) is 7.44. The van der Waals surface area contributed by atoms with Gasteiger partial charge in [0.05, 0.1) is 5.41 Å². The summed E-state index contributed by atoms with van der Waals surface area (Å²) in [5.74, 6) is 0.0105. The number of hydrogen-bond donors (Lipinski definition) is 3. The molecule has 0 rings (SSSR count). The Bertz CT molecular complexity index is 241. The molecule has 0 fully saturated rings. The topological polar surface area (TPSA) is 53.2 Å². The number of carbonyl (C=O) groups is 1. The van der Waals surface area contributed by atoms with Crippen molar-refractivity contribution in [2.75, 3.05) is 20.1 Å². The number of thiocarbonyl (C=S) groups is 1. The highest BCUT2D eigenvalue weighted by atomic mass is 32.1. The Labute approximate surface area is 104 Å². The van der Waals surface area contributed by atoms with Gasteiger partial charge in [0.2, 0.25) is 5.91 Å². The number of carbonyl (C=O) groups excluding carboxylic acids is 1. The molecular weight excluding hydrogens is 222 g/mol. The van der Waals surface area contributed by atoms with Gasteiger partial charge in [0.15, 0.2) is 5.11 Å². The zero-order valence-electron chi connectivity index (χ0n) is 10.6. The van der Waals surface area contributed by atoms with Crippen molar-refractivity contribution in [1.82, 2.24) is 16.0 Å². The number of nitrogens with one attached hydrogen (secondary N) is 3. The van der Waals surface area contributed by atoms with Crippen molar-refractivity contribution in [3.63, 3.8) is 0 Å². The van der Waals surface area contributed by atoms with Gasteiger partial charge < -0.3 is 16.0 Å². The van der Waals surface area contributed by atoms with Gasteiger partial charge in [0, 0.05) is 20.1 Å². The minimum Gasteiger partial charge on any atom is -0.363 e. The predicted molar refractivity (Wildman–Crippen MR) is 71.4 cm³/mol. The molecule has 4 nitrogen and oxygen atoms in total. The summed E-state index contributed by atoms with van der Waals surface area (Å²) >= 11 is 5.10. The third kappa shape index (κ3) is 5.90. The van der Waals surface area contributed by atoms with Crippen molar-refractivity contribution in [3.8, 4) is 0 Å². The number of rotatable bonds is 6. The van der Waals surface area contributed by atoms with E-state index in [2.05, 4.69) is 22.9 Å². The van der Waals surface area contributed by atoms with Crippen LogP contribution in [0.1, 0.15) is 33.6 Å². The van der Waals surface area contributed by atoms with Crippen molar-refractivity contribution in [3.05, 3.63) is 0 Å². The molecule has 0 aromatic rings. The number of unbranched alkanes of at least 4 members (excludes halogenated alkanes) is 1. The Balaban J connectivity index is 3.86. The van der Waals surface area contributed by atoms with Crippen molar-refractivity contribution in [1.29, 1.82) is 0 Å². The lowest BCUT2D eigenvalue weighted by atomic mass is 9.92. The van der Waals surface area contributed by atoms with Gasteiger partial charge in [-0.3, -0.25) is 4.79 Å². The number of hydrogen-bond acceptors (Lipinski definition) is 2. The molecule has 0 aromatic heterocycles. The summed E-state index contributed by atoms with van der Waals surface area (Å²) in [5, 5.41) is 9.41. The van der Waals surface area contributed by atoms with Gasteiger partial charge in [0.1, 0.15) is 0 Å². The zero-order chi connectivity index (χ0) is 12.6. The lowest BCUT2D eigenvalue weighted by molar-refractivity contribution is -0.128. The standard InChI is InChI=1S/C11H23N3OS/c1-5-6-7-13-10(16)14-8-11(2,3)9(15)12-4/h5-8H2,1-4H3,(H,12,15)(H2,13,14,16). The molecule has 0 saturated heterocycles. The van der Waals surface area contributed by atoms with Gasteiger partial charge in [-0.15, -0.1) is 0 Å². The van der Waals surface area contributed by atoms with E-state index in [4.69, 9.17) is 12.2 Å². The second-order valence-electron chi connectivity index (χ2n) is 4.43. The maximum atomic E-state index is 11.5. The van der Waals surface area contributed by atoms with Gasteiger partial charge in [0.25, 0.3) is 0 Å². The van der Waals surface area contributed by atoms with Gasteiger partial charge in [-0.25, -0.2) is 0 Å². The van der Waals surface area contributed by atoms with E-state index in [1.165, 1.54) is 0 Å². The third-order valence-corrected chi connectivity index (χ3v) is 2.64. The molecule has 0 unspecified atom stereocenters. The molecule has 0 bridgehead atoms. The fourth-order valence-electron chi connectivity index (χ4n) is 1.16. The van der Waals surface area contributed by atoms with E-state index in [1.54, 1.807) is 7.05 Å². The monoisotopic (exact) mass is 245 g/mol. The fraction of sp³-hybridized carbons (Fsp3) is 0.818. The fourth-order valence-corrected chi connectivity index (χ4v) is 1.34. The Morgan fingerprint density at radius 2 is 1.94 bits per heavy atom. The maximum Gasteiger partial charge on any atom is 0.227 e. The molecule has 0 saturated carbocycles. The highest BCUT2D eigenvalue weighted by molar-refractivity contribution is 7.80. The molecule has 1 amide bonds. The molecule has 94 valence electrons. The van der Waals surface area contributed by atoms with Gasteiger partial charge in [-0.05, 0) is 32.5 Å². The summed E-state index contributed by atoms with van der Waals surface area (Å²) in [5.41, 5.74) is -0.453. The van der Waals surface area contributed by atoms with E-state index in [9.17, 15) is 4.79 Å². The van der Waals surface area contributed by atoms with Crippen LogP contribution in [0.5, 0.6) is 0 Å². The molecular formula is C11H23N3OS. The largest absolute Gasteiger partial charge is 0.363 e. The van der Waals surface area contributed by atoms with Crippen LogP contribution in [0.2, 0.25) is 0 Å². The normalized spacial score (nSPS) is 10.8. The van der Waals surface area contributed by atoms with E-state index in [1.807, 2.05) is 13.8 Å². The van der Waals surface area contributed by atoms with Crippen LogP contribution in [0.15, 0.2) is 0 Å². The lowest BCUT2D eigenvalue weighted by Crippen LogP contribution is -2.46. The SMILES string of the molecule is CCCCNC(=S)NCC(C)(C)C(=O)NC. The quantitative estimate of drug-likeness (QED) is 0.483. The van der Waals surface area contributed by atoms with Crippen LogP contribution in [0.3, 0.4) is 0 Å². The summed E-state index contributed by atoms with van der Waals surface area (Å²) in [7, 11) is 1.64. The molecule has 0 aliphatic heterocycles. The summed E-state index contributed by atoms with van der Waals surface area (Å²) in [6.45, 7) is 7.31. The highest BCUT2D eigenvalue weighted by Gasteiger charge is 2.26. The molecule has 0 aliphatic carbocycles. The first kappa shape index (κ1) is 15.2. The van der Waals surface area contributed by atoms with Crippen LogP contribution in [-0.2, 0) is 4.79 Å². The molecule has 0 radical (unpaired) electrons. The molecule has 0 spiro atoms. The Kier molecular flexibility index (Phi) is 7.05. The smallest absolute Gasteiger partial charge is 0.227 e. The van der Waals surface area contributed by atoms with E-state index >= 15 is 0 Å². The van der Waals surface area contributed by atoms with E-state index in [0.717, 1.165) is 19.4 Å². The molecule has 0 heterocycles. The summed E-state index contributed by atoms with van der Waals surface area (Å²) < 4.78 is 0. The van der Waals surface area contributed by atoms with Crippen molar-refractivity contribution >= 4 is 23.2 Å². The molecule has 5 heteroatoms. The lowest BCUT2D eigenvalue weighted by Gasteiger charge is -2.23. The first-order valence-corrected chi connectivity index (χ1v) is 6.08. The van der Waals surface area contributed by atoms with Gasteiger partial charge in [-0.1, -0.05) is 13.3 Å². The average Bonchev–Trinajstić information content (AvgIpc) is 2.25. The van der Waals surface area contributed by atoms with Crippen molar-refractivity contribution in [2.24, 2.45) is 5.41 Å². The Hall–Kier alpha value is -0.840. The van der Waals surface area contributed by atoms with Crippen LogP contribution >= 0.6 is 12.2 Å². The molecule has 0 aromatic carbocycles. The van der Waals surface area contributed by atoms with Crippen LogP contribution in [0, 0.1) is 5.41 Å². The maximum absolute atomic E-state index is 11.5. The van der Waals surface area contributed by atoms with Gasteiger partial charge in [-0.2, -0.15) is 0 Å². The van der Waals surface area contributed by atoms with Gasteiger partial charge >= 0.3 is 0 Å². The third-order valence-electron chi connectivity index (χ3n) is 2.35.